The van der Waals surface area contributed by atoms with Crippen LogP contribution in [0.5, 0.6) is 34.5 Å². The molecule has 2 aromatic heterocycles. The summed E-state index contributed by atoms with van der Waals surface area (Å²) in [6, 6.07) is 6.90. The minimum absolute atomic E-state index is 0.0297. The van der Waals surface area contributed by atoms with E-state index in [0.717, 1.165) is 37.1 Å². The topological polar surface area (TPSA) is 237 Å². The molecule has 2 heterocycles. The molecule has 4 aromatic carbocycles. The molecule has 14 nitrogen and oxygen atoms in total. The summed E-state index contributed by atoms with van der Waals surface area (Å²) in [6.07, 6.45) is 1.90. The zero-order chi connectivity index (χ0) is 31.0. The number of phenols is 6. The summed E-state index contributed by atoms with van der Waals surface area (Å²) < 4.78 is 5.37. The van der Waals surface area contributed by atoms with Crippen LogP contribution >= 0.6 is 0 Å². The number of carboxylic acids is 1. The SMILES string of the molecule is O=C(O)c1ccc(O)c2nc3cc(O)c(-c4c(O)cc5nc6c(O)ccc(C(=O)OCC7CC7)c6nc5c4O)c(O)c3nc12. The van der Waals surface area contributed by atoms with Gasteiger partial charge in [-0.25, -0.2) is 29.5 Å². The number of carbonyl (C=O) groups excluding carboxylic acids is 1. The van der Waals surface area contributed by atoms with E-state index in [0.29, 0.717) is 0 Å². The van der Waals surface area contributed by atoms with E-state index in [2.05, 4.69) is 19.9 Å². The fraction of sp³-hybridized carbons (Fsp3) is 0.133. The number of aromatic carboxylic acids is 1. The van der Waals surface area contributed by atoms with E-state index < -0.39 is 46.1 Å². The summed E-state index contributed by atoms with van der Waals surface area (Å²) in [5, 5.41) is 74.8. The molecule has 1 aliphatic carbocycles. The zero-order valence-corrected chi connectivity index (χ0v) is 22.3. The highest BCUT2D eigenvalue weighted by atomic mass is 16.5. The van der Waals surface area contributed by atoms with Gasteiger partial charge in [0, 0.05) is 12.1 Å². The van der Waals surface area contributed by atoms with Gasteiger partial charge in [-0.15, -0.1) is 0 Å². The van der Waals surface area contributed by atoms with Crippen molar-refractivity contribution in [3.05, 3.63) is 47.5 Å². The molecular weight excluding hydrogens is 576 g/mol. The number of esters is 1. The number of nitrogens with zero attached hydrogens (tertiary/aromatic N) is 4. The molecule has 44 heavy (non-hydrogen) atoms. The number of phenolic OH excluding ortho intramolecular Hbond substituents is 6. The number of rotatable bonds is 5. The number of carboxylic acid groups (broad SMARTS) is 1. The highest BCUT2D eigenvalue weighted by molar-refractivity contribution is 6.09. The average molecular weight is 597 g/mol. The molecule has 6 aromatic rings. The second-order valence-corrected chi connectivity index (χ2v) is 10.4. The number of benzene rings is 4. The fourth-order valence-corrected chi connectivity index (χ4v) is 5.09. The number of fused-ring (bicyclic) bond motifs is 4. The highest BCUT2D eigenvalue weighted by Gasteiger charge is 2.28. The third-order valence-corrected chi connectivity index (χ3v) is 7.49. The molecule has 0 spiro atoms. The molecule has 7 rings (SSSR count). The Morgan fingerprint density at radius 2 is 1.11 bits per heavy atom. The summed E-state index contributed by atoms with van der Waals surface area (Å²) in [5.41, 5.74) is -2.80. The van der Waals surface area contributed by atoms with Crippen molar-refractivity contribution in [3.63, 3.8) is 0 Å². The Morgan fingerprint density at radius 1 is 0.636 bits per heavy atom. The van der Waals surface area contributed by atoms with Gasteiger partial charge < -0.3 is 40.5 Å². The van der Waals surface area contributed by atoms with Crippen LogP contribution < -0.4 is 0 Å². The van der Waals surface area contributed by atoms with Crippen molar-refractivity contribution in [2.24, 2.45) is 5.92 Å². The van der Waals surface area contributed by atoms with Gasteiger partial charge in [0.05, 0.1) is 39.9 Å². The minimum atomic E-state index is -1.38. The quantitative estimate of drug-likeness (QED) is 0.110. The van der Waals surface area contributed by atoms with E-state index in [4.69, 9.17) is 4.74 Å². The Kier molecular flexibility index (Phi) is 5.72. The van der Waals surface area contributed by atoms with E-state index in [1.807, 2.05) is 0 Å². The largest absolute Gasteiger partial charge is 0.507 e. The Morgan fingerprint density at radius 3 is 1.59 bits per heavy atom. The van der Waals surface area contributed by atoms with Crippen molar-refractivity contribution in [2.75, 3.05) is 6.61 Å². The molecule has 0 bridgehead atoms. The highest BCUT2D eigenvalue weighted by Crippen LogP contribution is 2.51. The summed E-state index contributed by atoms with van der Waals surface area (Å²) in [6.45, 7) is 0.220. The number of carbonyl (C=O) groups is 2. The first-order chi connectivity index (χ1) is 21.0. The monoisotopic (exact) mass is 596 g/mol. The lowest BCUT2D eigenvalue weighted by Gasteiger charge is -2.15. The van der Waals surface area contributed by atoms with Crippen molar-refractivity contribution in [1.29, 1.82) is 0 Å². The van der Waals surface area contributed by atoms with Crippen LogP contribution in [0.25, 0.3) is 55.3 Å². The third kappa shape index (κ3) is 4.03. The summed E-state index contributed by atoms with van der Waals surface area (Å²) in [5.74, 6) is -5.37. The average Bonchev–Trinajstić information content (AvgIpc) is 3.81. The van der Waals surface area contributed by atoms with Crippen LogP contribution in [0.15, 0.2) is 36.4 Å². The summed E-state index contributed by atoms with van der Waals surface area (Å²) >= 11 is 0. The van der Waals surface area contributed by atoms with E-state index in [-0.39, 0.29) is 79.3 Å². The van der Waals surface area contributed by atoms with Crippen LogP contribution in [-0.2, 0) is 4.74 Å². The first-order valence-corrected chi connectivity index (χ1v) is 13.2. The first-order valence-electron chi connectivity index (χ1n) is 13.2. The predicted molar refractivity (Wildman–Crippen MR) is 153 cm³/mol. The van der Waals surface area contributed by atoms with Gasteiger partial charge in [-0.05, 0) is 43.0 Å². The number of hydrogen-bond donors (Lipinski definition) is 7. The lowest BCUT2D eigenvalue weighted by Crippen LogP contribution is -2.09. The Balaban J connectivity index is 1.47. The van der Waals surface area contributed by atoms with Crippen LogP contribution in [0.3, 0.4) is 0 Å². The second-order valence-electron chi connectivity index (χ2n) is 10.4. The first kappa shape index (κ1) is 26.7. The molecule has 0 radical (unpaired) electrons. The smallest absolute Gasteiger partial charge is 0.340 e. The number of aromatic nitrogens is 4. The number of hydrogen-bond acceptors (Lipinski definition) is 13. The van der Waals surface area contributed by atoms with E-state index in [1.165, 1.54) is 12.1 Å². The van der Waals surface area contributed by atoms with Gasteiger partial charge in [0.1, 0.15) is 56.1 Å². The molecule has 1 fully saturated rings. The molecule has 1 aliphatic rings. The van der Waals surface area contributed by atoms with Crippen LogP contribution in [0.4, 0.5) is 0 Å². The maximum Gasteiger partial charge on any atom is 0.340 e. The van der Waals surface area contributed by atoms with Gasteiger partial charge in [-0.2, -0.15) is 0 Å². The lowest BCUT2D eigenvalue weighted by molar-refractivity contribution is 0.0487. The maximum atomic E-state index is 12.9. The fourth-order valence-electron chi connectivity index (χ4n) is 5.09. The molecule has 0 aliphatic heterocycles. The third-order valence-electron chi connectivity index (χ3n) is 7.49. The van der Waals surface area contributed by atoms with Crippen LogP contribution in [0.2, 0.25) is 0 Å². The molecule has 0 unspecified atom stereocenters. The molecule has 0 atom stereocenters. The van der Waals surface area contributed by atoms with Gasteiger partial charge in [0.25, 0.3) is 0 Å². The summed E-state index contributed by atoms with van der Waals surface area (Å²) in [7, 11) is 0. The van der Waals surface area contributed by atoms with Crippen molar-refractivity contribution in [2.45, 2.75) is 12.8 Å². The normalized spacial score (nSPS) is 13.2. The molecule has 1 saturated carbocycles. The van der Waals surface area contributed by atoms with Crippen molar-refractivity contribution < 1.29 is 50.1 Å². The van der Waals surface area contributed by atoms with Crippen molar-refractivity contribution in [3.8, 4) is 45.6 Å². The Hall–Kier alpha value is -6.18. The Labute approximate surface area is 244 Å². The molecule has 7 N–H and O–H groups in total. The van der Waals surface area contributed by atoms with Gasteiger partial charge in [0.15, 0.2) is 11.5 Å². The van der Waals surface area contributed by atoms with Crippen molar-refractivity contribution in [1.82, 2.24) is 19.9 Å². The van der Waals surface area contributed by atoms with Crippen LogP contribution in [0.1, 0.15) is 33.6 Å². The zero-order valence-electron chi connectivity index (χ0n) is 22.3. The maximum absolute atomic E-state index is 12.9. The second kappa shape index (κ2) is 9.42. The molecular formula is C30H20N4O10. The van der Waals surface area contributed by atoms with Gasteiger partial charge in [0.2, 0.25) is 0 Å². The molecule has 0 amide bonds. The van der Waals surface area contributed by atoms with Gasteiger partial charge in [-0.3, -0.25) is 0 Å². The molecule has 220 valence electrons. The van der Waals surface area contributed by atoms with Gasteiger partial charge in [-0.1, -0.05) is 0 Å². The van der Waals surface area contributed by atoms with Crippen LogP contribution in [-0.4, -0.2) is 74.2 Å². The molecule has 0 saturated heterocycles. The standard InChI is InChI=1S/C30H20N4O10/c35-15-5-3-11(29(41)42)21-25(15)31-13-7-17(37)19(27(39)23(13)33-21)20-18(38)8-14-24(28(20)40)34-22-12(4-6-16(36)26(22)32-14)30(43)44-9-10-1-2-10/h3-8,10,35-40H,1-2,9H2,(H,41,42). The predicted octanol–water partition coefficient (Wildman–Crippen LogP) is 4.05. The van der Waals surface area contributed by atoms with E-state index in [1.54, 1.807) is 0 Å². The lowest BCUT2D eigenvalue weighted by atomic mass is 9.98. The van der Waals surface area contributed by atoms with Gasteiger partial charge >= 0.3 is 11.9 Å². The van der Waals surface area contributed by atoms with E-state index >= 15 is 0 Å². The molecule has 14 heteroatoms. The number of aromatic hydroxyl groups is 6. The summed E-state index contributed by atoms with van der Waals surface area (Å²) in [4.78, 5) is 41.6. The van der Waals surface area contributed by atoms with Crippen molar-refractivity contribution >= 4 is 56.1 Å². The van der Waals surface area contributed by atoms with Crippen LogP contribution in [0, 0.1) is 5.92 Å². The van der Waals surface area contributed by atoms with E-state index in [9.17, 15) is 45.3 Å². The Bertz CT molecular complexity index is 2270. The number of ether oxygens (including phenoxy) is 1. The minimum Gasteiger partial charge on any atom is -0.507 e.